The first-order chi connectivity index (χ1) is 15.3. The van der Waals surface area contributed by atoms with E-state index in [2.05, 4.69) is 5.32 Å². The number of benzene rings is 2. The summed E-state index contributed by atoms with van der Waals surface area (Å²) in [5, 5.41) is 11.0. The largest absolute Gasteiger partial charge is 0.480 e. The summed E-state index contributed by atoms with van der Waals surface area (Å²) in [7, 11) is 0. The lowest BCUT2D eigenvalue weighted by molar-refractivity contribution is -0.142. The number of hydrogen-bond acceptors (Lipinski definition) is 4. The number of carboxylic acids is 1. The molecule has 3 rings (SSSR count). The number of rotatable bonds is 8. The van der Waals surface area contributed by atoms with Crippen molar-refractivity contribution in [1.29, 1.82) is 0 Å². The van der Waals surface area contributed by atoms with E-state index in [0.717, 1.165) is 37.8 Å². The van der Waals surface area contributed by atoms with Crippen LogP contribution in [-0.2, 0) is 14.3 Å². The fourth-order valence-corrected chi connectivity index (χ4v) is 3.90. The Morgan fingerprint density at radius 3 is 2.31 bits per heavy atom. The smallest absolute Gasteiger partial charge is 0.411 e. The third-order valence-corrected chi connectivity index (χ3v) is 5.73. The van der Waals surface area contributed by atoms with Crippen LogP contribution in [0.5, 0.6) is 0 Å². The maximum absolute atomic E-state index is 14.5. The first-order valence-corrected chi connectivity index (χ1v) is 10.7. The summed E-state index contributed by atoms with van der Waals surface area (Å²) in [5.74, 6) is -1.62. The van der Waals surface area contributed by atoms with Gasteiger partial charge in [0.25, 0.3) is 0 Å². The van der Waals surface area contributed by atoms with E-state index >= 15 is 0 Å². The number of nitrogens with one attached hydrogen (secondary N) is 1. The van der Waals surface area contributed by atoms with Gasteiger partial charge in [-0.25, -0.2) is 18.4 Å². The topological polar surface area (TPSA) is 84.9 Å². The molecule has 0 bridgehead atoms. The molecule has 0 spiro atoms. The Bertz CT molecular complexity index is 963. The summed E-state index contributed by atoms with van der Waals surface area (Å²) in [6, 6.07) is 8.09. The van der Waals surface area contributed by atoms with Gasteiger partial charge in [-0.05, 0) is 73.4 Å². The lowest BCUT2D eigenvalue weighted by Crippen LogP contribution is -2.25. The maximum Gasteiger partial charge on any atom is 0.411 e. The molecule has 32 heavy (non-hydrogen) atoms. The van der Waals surface area contributed by atoms with Crippen molar-refractivity contribution >= 4 is 29.4 Å². The van der Waals surface area contributed by atoms with E-state index in [0.29, 0.717) is 18.1 Å². The number of hydrogen-bond donors (Lipinski definition) is 2. The van der Waals surface area contributed by atoms with E-state index in [4.69, 9.17) is 26.2 Å². The summed E-state index contributed by atoms with van der Waals surface area (Å²) in [6.45, 7) is 0.387. The van der Waals surface area contributed by atoms with Crippen molar-refractivity contribution < 1.29 is 33.0 Å². The van der Waals surface area contributed by atoms with Gasteiger partial charge in [-0.3, -0.25) is 5.32 Å². The zero-order valence-electron chi connectivity index (χ0n) is 17.3. The molecule has 1 fully saturated rings. The zero-order chi connectivity index (χ0) is 23.1. The van der Waals surface area contributed by atoms with E-state index < -0.39 is 23.7 Å². The molecule has 172 valence electrons. The van der Waals surface area contributed by atoms with E-state index in [9.17, 15) is 18.4 Å². The fraction of sp³-hybridized carbons (Fsp3) is 0.391. The molecule has 0 unspecified atom stereocenters. The summed E-state index contributed by atoms with van der Waals surface area (Å²) in [5.41, 5.74) is 0.894. The number of carboxylic acid groups (broad SMARTS) is 1. The monoisotopic (exact) mass is 467 g/mol. The molecule has 1 aliphatic carbocycles. The number of aliphatic carboxylic acids is 1. The predicted molar refractivity (Wildman–Crippen MR) is 116 cm³/mol. The second-order valence-electron chi connectivity index (χ2n) is 7.84. The van der Waals surface area contributed by atoms with Gasteiger partial charge in [0.15, 0.2) is 0 Å². The molecule has 1 aliphatic rings. The highest BCUT2D eigenvalue weighted by atomic mass is 35.5. The average molecular weight is 468 g/mol. The van der Waals surface area contributed by atoms with E-state index in [1.165, 1.54) is 24.3 Å². The highest BCUT2D eigenvalue weighted by Crippen LogP contribution is 2.30. The van der Waals surface area contributed by atoms with Gasteiger partial charge in [0.1, 0.15) is 18.2 Å². The first kappa shape index (κ1) is 23.9. The molecule has 9 heteroatoms. The van der Waals surface area contributed by atoms with Crippen molar-refractivity contribution in [2.75, 3.05) is 25.1 Å². The number of carbonyl (C=O) groups is 2. The number of carbonyl (C=O) groups excluding carboxylic acids is 1. The molecular formula is C23H24ClF2NO5. The van der Waals surface area contributed by atoms with Gasteiger partial charge in [-0.15, -0.1) is 0 Å². The van der Waals surface area contributed by atoms with Crippen molar-refractivity contribution in [3.05, 3.63) is 53.1 Å². The van der Waals surface area contributed by atoms with Gasteiger partial charge in [0, 0.05) is 11.3 Å². The van der Waals surface area contributed by atoms with Crippen molar-refractivity contribution in [2.45, 2.75) is 25.7 Å². The standard InChI is InChI=1S/C23H24ClF2NO5/c24-19-9-16(5-8-20(19)25)18-7-6-17(10-21(18)26)27-23(30)32-12-15-3-1-14(2-4-15)11-31-13-22(28)29/h5-10,14-15H,1-4,11-13H2,(H,27,30)(H,28,29). The lowest BCUT2D eigenvalue weighted by atomic mass is 9.83. The zero-order valence-corrected chi connectivity index (χ0v) is 18.0. The van der Waals surface area contributed by atoms with Crippen LogP contribution in [0, 0.1) is 23.5 Å². The van der Waals surface area contributed by atoms with Crippen LogP contribution in [-0.4, -0.2) is 37.0 Å². The Balaban J connectivity index is 1.44. The predicted octanol–water partition coefficient (Wildman–Crippen LogP) is 5.74. The summed E-state index contributed by atoms with van der Waals surface area (Å²) in [6.07, 6.45) is 2.81. The minimum atomic E-state index is -0.979. The normalized spacial score (nSPS) is 18.2. The molecule has 0 heterocycles. The summed E-state index contributed by atoms with van der Waals surface area (Å²) < 4.78 is 38.2. The molecule has 2 aromatic rings. The Morgan fingerprint density at radius 1 is 1.00 bits per heavy atom. The fourth-order valence-electron chi connectivity index (χ4n) is 3.72. The maximum atomic E-state index is 14.5. The van der Waals surface area contributed by atoms with Crippen LogP contribution in [0.1, 0.15) is 25.7 Å². The minimum Gasteiger partial charge on any atom is -0.480 e. The Hall–Kier alpha value is -2.71. The Kier molecular flexibility index (Phi) is 8.41. The molecule has 0 radical (unpaired) electrons. The van der Waals surface area contributed by atoms with Gasteiger partial charge >= 0.3 is 12.1 Å². The summed E-state index contributed by atoms with van der Waals surface area (Å²) >= 11 is 5.76. The van der Waals surface area contributed by atoms with Gasteiger partial charge < -0.3 is 14.6 Å². The first-order valence-electron chi connectivity index (χ1n) is 10.3. The van der Waals surface area contributed by atoms with Gasteiger partial charge in [0.05, 0.1) is 18.2 Å². The second kappa shape index (κ2) is 11.2. The Labute approximate surface area is 189 Å². The molecule has 0 saturated heterocycles. The highest BCUT2D eigenvalue weighted by molar-refractivity contribution is 6.31. The van der Waals surface area contributed by atoms with Crippen molar-refractivity contribution in [1.82, 2.24) is 0 Å². The lowest BCUT2D eigenvalue weighted by Gasteiger charge is -2.27. The second-order valence-corrected chi connectivity index (χ2v) is 8.25. The number of amides is 1. The molecule has 1 amide bonds. The number of anilines is 1. The van der Waals surface area contributed by atoms with Crippen LogP contribution >= 0.6 is 11.6 Å². The van der Waals surface area contributed by atoms with E-state index in [1.54, 1.807) is 0 Å². The van der Waals surface area contributed by atoms with Gasteiger partial charge in [-0.1, -0.05) is 17.7 Å². The molecule has 0 aromatic heterocycles. The minimum absolute atomic E-state index is 0.102. The van der Waals surface area contributed by atoms with Gasteiger partial charge in [-0.2, -0.15) is 0 Å². The highest BCUT2D eigenvalue weighted by Gasteiger charge is 2.23. The number of ether oxygens (including phenoxy) is 2. The third-order valence-electron chi connectivity index (χ3n) is 5.44. The Morgan fingerprint density at radius 2 is 1.69 bits per heavy atom. The summed E-state index contributed by atoms with van der Waals surface area (Å²) in [4.78, 5) is 22.6. The van der Waals surface area contributed by atoms with Crippen LogP contribution in [0.15, 0.2) is 36.4 Å². The average Bonchev–Trinajstić information content (AvgIpc) is 2.75. The molecule has 1 saturated carbocycles. The van der Waals surface area contributed by atoms with Crippen LogP contribution in [0.25, 0.3) is 11.1 Å². The van der Waals surface area contributed by atoms with Gasteiger partial charge in [0.2, 0.25) is 0 Å². The van der Waals surface area contributed by atoms with Crippen molar-refractivity contribution in [3.8, 4) is 11.1 Å². The van der Waals surface area contributed by atoms with Crippen LogP contribution in [0.3, 0.4) is 0 Å². The molecule has 0 aliphatic heterocycles. The van der Waals surface area contributed by atoms with Crippen molar-refractivity contribution in [3.63, 3.8) is 0 Å². The molecule has 2 N–H and O–H groups in total. The van der Waals surface area contributed by atoms with Crippen LogP contribution in [0.4, 0.5) is 19.3 Å². The molecule has 0 atom stereocenters. The third kappa shape index (κ3) is 6.90. The van der Waals surface area contributed by atoms with Crippen LogP contribution in [0.2, 0.25) is 5.02 Å². The number of halogens is 3. The van der Waals surface area contributed by atoms with Crippen molar-refractivity contribution in [2.24, 2.45) is 11.8 Å². The van der Waals surface area contributed by atoms with Crippen LogP contribution < -0.4 is 5.32 Å². The molecule has 2 aromatic carbocycles. The quantitative estimate of drug-likeness (QED) is 0.517. The molecular weight excluding hydrogens is 444 g/mol. The van der Waals surface area contributed by atoms with E-state index in [-0.39, 0.29) is 35.4 Å². The van der Waals surface area contributed by atoms with E-state index in [1.807, 2.05) is 0 Å². The molecule has 6 nitrogen and oxygen atoms in total. The SMILES string of the molecule is O=C(O)COCC1CCC(COC(=O)Nc2ccc(-c3ccc(F)c(Cl)c3)c(F)c2)CC1.